The zero-order chi connectivity index (χ0) is 27.7. The van der Waals surface area contributed by atoms with Crippen LogP contribution in [0.1, 0.15) is 71.6 Å². The Hall–Kier alpha value is -4.14. The minimum Gasteiger partial charge on any atom is -0.496 e. The number of carboxylic acid groups (broad SMARTS) is 1. The summed E-state index contributed by atoms with van der Waals surface area (Å²) in [5, 5.41) is 11.8. The van der Waals surface area contributed by atoms with Crippen molar-refractivity contribution < 1.29 is 38.5 Å². The van der Waals surface area contributed by atoms with E-state index in [-0.39, 0.29) is 55.9 Å². The molecule has 0 unspecified atom stereocenters. The molecule has 1 aliphatic rings. The lowest BCUT2D eigenvalue weighted by Gasteiger charge is -2.19. The standard InChI is InChI=1S/C29H33NO8/c1-18(13-15-24(32)33)12-14-21-27(36-3)19(2)22-17-37-29(35)26(22)28(21)38-25(34)11-7-10-23(31)30-16-20-8-5-4-6-9-20/h4-6,8-9,12H,7,10-11,13-17H2,1-3H3,(H,30,31)(H,32,33)/b18-12+. The molecule has 202 valence electrons. The van der Waals surface area contributed by atoms with Crippen molar-refractivity contribution in [1.29, 1.82) is 0 Å². The van der Waals surface area contributed by atoms with Crippen LogP contribution in [0.2, 0.25) is 0 Å². The number of hydrogen-bond donors (Lipinski definition) is 2. The quantitative estimate of drug-likeness (QED) is 0.224. The molecule has 3 rings (SSSR count). The fourth-order valence-electron chi connectivity index (χ4n) is 4.25. The molecular formula is C29H33NO8. The van der Waals surface area contributed by atoms with Crippen LogP contribution in [0, 0.1) is 6.92 Å². The van der Waals surface area contributed by atoms with Crippen molar-refractivity contribution in [2.24, 2.45) is 0 Å². The average molecular weight is 524 g/mol. The number of amides is 1. The van der Waals surface area contributed by atoms with Crippen molar-refractivity contribution in [3.05, 3.63) is 69.8 Å². The molecule has 1 amide bonds. The lowest BCUT2D eigenvalue weighted by Crippen LogP contribution is -2.23. The molecule has 2 N–H and O–H groups in total. The molecule has 38 heavy (non-hydrogen) atoms. The number of carbonyl (C=O) groups is 4. The van der Waals surface area contributed by atoms with Gasteiger partial charge in [0.25, 0.3) is 0 Å². The van der Waals surface area contributed by atoms with Crippen LogP contribution in [0.3, 0.4) is 0 Å². The van der Waals surface area contributed by atoms with Crippen LogP contribution in [0.4, 0.5) is 0 Å². The number of hydrogen-bond acceptors (Lipinski definition) is 7. The maximum atomic E-state index is 12.8. The molecule has 1 aliphatic heterocycles. The number of aliphatic carboxylic acids is 1. The zero-order valence-electron chi connectivity index (χ0n) is 21.9. The van der Waals surface area contributed by atoms with Gasteiger partial charge in [-0.15, -0.1) is 0 Å². The Morgan fingerprint density at radius 2 is 1.82 bits per heavy atom. The number of ether oxygens (including phenoxy) is 3. The highest BCUT2D eigenvalue weighted by atomic mass is 16.6. The normalized spacial score (nSPS) is 12.5. The number of rotatable bonds is 13. The summed E-state index contributed by atoms with van der Waals surface area (Å²) in [6.07, 6.45) is 2.87. The van der Waals surface area contributed by atoms with Crippen LogP contribution in [-0.4, -0.2) is 36.0 Å². The fourth-order valence-corrected chi connectivity index (χ4v) is 4.25. The maximum absolute atomic E-state index is 12.8. The lowest BCUT2D eigenvalue weighted by atomic mass is 9.94. The van der Waals surface area contributed by atoms with Crippen LogP contribution in [0.25, 0.3) is 0 Å². The van der Waals surface area contributed by atoms with Gasteiger partial charge in [-0.2, -0.15) is 0 Å². The van der Waals surface area contributed by atoms with Crippen LogP contribution in [0.15, 0.2) is 42.0 Å². The van der Waals surface area contributed by atoms with Crippen molar-refractivity contribution in [3.8, 4) is 11.5 Å². The number of carboxylic acids is 1. The van der Waals surface area contributed by atoms with Crippen LogP contribution < -0.4 is 14.8 Å². The van der Waals surface area contributed by atoms with Gasteiger partial charge in [0, 0.05) is 36.9 Å². The third kappa shape index (κ3) is 7.44. The number of allylic oxidation sites excluding steroid dienone is 2. The monoisotopic (exact) mass is 523 g/mol. The number of esters is 2. The number of cyclic esters (lactones) is 1. The van der Waals surface area contributed by atoms with Gasteiger partial charge in [0.2, 0.25) is 5.91 Å². The predicted octanol–water partition coefficient (Wildman–Crippen LogP) is 4.42. The van der Waals surface area contributed by atoms with E-state index in [4.69, 9.17) is 19.3 Å². The summed E-state index contributed by atoms with van der Waals surface area (Å²) in [7, 11) is 1.50. The Morgan fingerprint density at radius 1 is 1.08 bits per heavy atom. The van der Waals surface area contributed by atoms with Crippen molar-refractivity contribution in [3.63, 3.8) is 0 Å². The van der Waals surface area contributed by atoms with Gasteiger partial charge >= 0.3 is 17.9 Å². The summed E-state index contributed by atoms with van der Waals surface area (Å²) < 4.78 is 16.6. The van der Waals surface area contributed by atoms with Crippen molar-refractivity contribution in [2.45, 2.75) is 65.5 Å². The molecule has 0 radical (unpaired) electrons. The van der Waals surface area contributed by atoms with Crippen LogP contribution >= 0.6 is 0 Å². The SMILES string of the molecule is COc1c(C)c2c(c(OC(=O)CCCC(=O)NCc3ccccc3)c1C/C=C(\C)CCC(=O)O)C(=O)OC2. The van der Waals surface area contributed by atoms with E-state index in [0.29, 0.717) is 29.8 Å². The average Bonchev–Trinajstić information content (AvgIpc) is 3.29. The first kappa shape index (κ1) is 28.4. The maximum Gasteiger partial charge on any atom is 0.342 e. The summed E-state index contributed by atoms with van der Waals surface area (Å²) >= 11 is 0. The van der Waals surface area contributed by atoms with Crippen LogP contribution in [0.5, 0.6) is 11.5 Å². The van der Waals surface area contributed by atoms with Gasteiger partial charge in [-0.05, 0) is 44.2 Å². The summed E-state index contributed by atoms with van der Waals surface area (Å²) in [6.45, 7) is 4.09. The Morgan fingerprint density at radius 3 is 2.50 bits per heavy atom. The Kier molecular flexibility index (Phi) is 10.0. The number of fused-ring (bicyclic) bond motifs is 1. The molecule has 0 fully saturated rings. The summed E-state index contributed by atoms with van der Waals surface area (Å²) in [4.78, 5) is 48.5. The van der Waals surface area contributed by atoms with E-state index in [2.05, 4.69) is 5.32 Å². The molecule has 0 saturated carbocycles. The number of methoxy groups -OCH3 is 1. The largest absolute Gasteiger partial charge is 0.496 e. The van der Waals surface area contributed by atoms with Crippen LogP contribution in [-0.2, 0) is 38.7 Å². The highest BCUT2D eigenvalue weighted by molar-refractivity contribution is 5.99. The first-order valence-corrected chi connectivity index (χ1v) is 12.5. The number of benzene rings is 2. The van der Waals surface area contributed by atoms with Gasteiger partial charge in [-0.1, -0.05) is 42.0 Å². The molecule has 0 bridgehead atoms. The number of carbonyl (C=O) groups excluding carboxylic acids is 3. The Bertz CT molecular complexity index is 1230. The van der Waals surface area contributed by atoms with Gasteiger partial charge in [0.05, 0.1) is 7.11 Å². The number of nitrogens with one attached hydrogen (secondary N) is 1. The summed E-state index contributed by atoms with van der Waals surface area (Å²) in [6, 6.07) is 9.52. The lowest BCUT2D eigenvalue weighted by molar-refractivity contribution is -0.137. The second-order valence-corrected chi connectivity index (χ2v) is 9.13. The predicted molar refractivity (Wildman–Crippen MR) is 139 cm³/mol. The molecule has 9 heteroatoms. The van der Waals surface area contributed by atoms with Gasteiger partial charge in [0.15, 0.2) is 5.75 Å². The second-order valence-electron chi connectivity index (χ2n) is 9.13. The van der Waals surface area contributed by atoms with Crippen molar-refractivity contribution in [2.75, 3.05) is 7.11 Å². The minimum absolute atomic E-state index is 0.00419. The molecule has 0 spiro atoms. The molecule has 0 aliphatic carbocycles. The minimum atomic E-state index is -0.894. The summed E-state index contributed by atoms with van der Waals surface area (Å²) in [5.41, 5.74) is 3.85. The topological polar surface area (TPSA) is 128 Å². The second kappa shape index (κ2) is 13.4. The molecular weight excluding hydrogens is 490 g/mol. The van der Waals surface area contributed by atoms with E-state index in [9.17, 15) is 19.2 Å². The van der Waals surface area contributed by atoms with E-state index in [0.717, 1.165) is 16.7 Å². The Labute approximate surface area is 221 Å². The molecule has 9 nitrogen and oxygen atoms in total. The van der Waals surface area contributed by atoms with Gasteiger partial charge < -0.3 is 24.6 Å². The molecule has 0 saturated heterocycles. The summed E-state index contributed by atoms with van der Waals surface area (Å²) in [5.74, 6) is -1.66. The molecule has 2 aromatic carbocycles. The van der Waals surface area contributed by atoms with Gasteiger partial charge in [-0.3, -0.25) is 14.4 Å². The third-order valence-corrected chi connectivity index (χ3v) is 6.35. The highest BCUT2D eigenvalue weighted by Crippen LogP contribution is 2.43. The smallest absolute Gasteiger partial charge is 0.342 e. The molecule has 1 heterocycles. The van der Waals surface area contributed by atoms with Crippen molar-refractivity contribution in [1.82, 2.24) is 5.32 Å². The van der Waals surface area contributed by atoms with E-state index in [1.807, 2.05) is 50.3 Å². The first-order valence-electron chi connectivity index (χ1n) is 12.5. The molecule has 0 aromatic heterocycles. The highest BCUT2D eigenvalue weighted by Gasteiger charge is 2.34. The third-order valence-electron chi connectivity index (χ3n) is 6.35. The van der Waals surface area contributed by atoms with Gasteiger partial charge in [-0.25, -0.2) is 4.79 Å². The van der Waals surface area contributed by atoms with Crippen molar-refractivity contribution >= 4 is 23.8 Å². The Balaban J connectivity index is 1.72. The molecule has 2 aromatic rings. The van der Waals surface area contributed by atoms with E-state index in [1.165, 1.54) is 7.11 Å². The fraction of sp³-hybridized carbons (Fsp3) is 0.379. The zero-order valence-corrected chi connectivity index (χ0v) is 21.9. The van der Waals surface area contributed by atoms with Gasteiger partial charge in [0.1, 0.15) is 17.9 Å². The first-order chi connectivity index (χ1) is 18.2. The van der Waals surface area contributed by atoms with E-state index < -0.39 is 17.9 Å². The molecule has 0 atom stereocenters. The van der Waals surface area contributed by atoms with E-state index in [1.54, 1.807) is 0 Å². The van der Waals surface area contributed by atoms with E-state index >= 15 is 0 Å².